The van der Waals surface area contributed by atoms with E-state index in [-0.39, 0.29) is 18.4 Å². The van der Waals surface area contributed by atoms with Gasteiger partial charge in [-0.15, -0.1) is 0 Å². The molecular formula is C17H27NO3. The Morgan fingerprint density at radius 1 is 0.857 bits per heavy atom. The Balaban J connectivity index is 1.74. The second kappa shape index (κ2) is 5.71. The van der Waals surface area contributed by atoms with Crippen LogP contribution in [0.15, 0.2) is 0 Å². The highest BCUT2D eigenvalue weighted by atomic mass is 16.3. The molecule has 4 nitrogen and oxygen atoms in total. The van der Waals surface area contributed by atoms with Gasteiger partial charge in [-0.2, -0.15) is 0 Å². The minimum absolute atomic E-state index is 0.00778. The number of hydrogen-bond acceptors (Lipinski definition) is 3. The van der Waals surface area contributed by atoms with E-state index in [9.17, 15) is 14.7 Å². The molecule has 118 valence electrons. The third kappa shape index (κ3) is 2.87. The van der Waals surface area contributed by atoms with Crippen LogP contribution in [0.3, 0.4) is 0 Å². The number of carbonyl (C=O) groups is 2. The highest BCUT2D eigenvalue weighted by molar-refractivity contribution is 6.06. The summed E-state index contributed by atoms with van der Waals surface area (Å²) < 4.78 is 0. The second-order valence-electron chi connectivity index (χ2n) is 7.44. The maximum atomic E-state index is 12.9. The van der Waals surface area contributed by atoms with Crippen LogP contribution in [-0.4, -0.2) is 34.0 Å². The Hall–Kier alpha value is -0.900. The van der Waals surface area contributed by atoms with Crippen molar-refractivity contribution in [2.24, 2.45) is 5.41 Å². The number of nitrogens with zero attached hydrogens (tertiary/aromatic N) is 1. The van der Waals surface area contributed by atoms with Crippen molar-refractivity contribution in [3.05, 3.63) is 0 Å². The quantitative estimate of drug-likeness (QED) is 0.796. The van der Waals surface area contributed by atoms with Crippen LogP contribution in [-0.2, 0) is 9.59 Å². The Morgan fingerprint density at radius 2 is 1.38 bits per heavy atom. The van der Waals surface area contributed by atoms with Crippen molar-refractivity contribution in [1.82, 2.24) is 4.90 Å². The first-order valence-corrected chi connectivity index (χ1v) is 8.62. The smallest absolute Gasteiger partial charge is 0.236 e. The lowest BCUT2D eigenvalue weighted by molar-refractivity contribution is -0.146. The van der Waals surface area contributed by atoms with Crippen molar-refractivity contribution in [2.75, 3.05) is 6.54 Å². The molecule has 0 unspecified atom stereocenters. The van der Waals surface area contributed by atoms with E-state index < -0.39 is 11.0 Å². The number of rotatable bonds is 2. The van der Waals surface area contributed by atoms with E-state index in [0.29, 0.717) is 6.42 Å². The number of carbonyl (C=O) groups excluding carboxylic acids is 2. The highest BCUT2D eigenvalue weighted by Crippen LogP contribution is 2.45. The molecule has 0 bridgehead atoms. The largest absolute Gasteiger partial charge is 0.388 e. The van der Waals surface area contributed by atoms with Crippen LogP contribution >= 0.6 is 0 Å². The van der Waals surface area contributed by atoms with Crippen LogP contribution in [0.2, 0.25) is 0 Å². The van der Waals surface area contributed by atoms with Crippen molar-refractivity contribution >= 4 is 11.8 Å². The lowest BCUT2D eigenvalue weighted by Gasteiger charge is -2.35. The summed E-state index contributed by atoms with van der Waals surface area (Å²) >= 11 is 0. The summed E-state index contributed by atoms with van der Waals surface area (Å²) in [7, 11) is 0. The van der Waals surface area contributed by atoms with Gasteiger partial charge in [0.05, 0.1) is 17.6 Å². The summed E-state index contributed by atoms with van der Waals surface area (Å²) in [5.74, 6) is -0.0469. The molecule has 3 fully saturated rings. The first-order valence-electron chi connectivity index (χ1n) is 8.62. The van der Waals surface area contributed by atoms with E-state index in [0.717, 1.165) is 57.8 Å². The average molecular weight is 293 g/mol. The molecule has 3 rings (SSSR count). The van der Waals surface area contributed by atoms with E-state index in [1.807, 2.05) is 0 Å². The molecule has 1 aliphatic heterocycles. The van der Waals surface area contributed by atoms with Gasteiger partial charge in [0.25, 0.3) is 0 Å². The third-order valence-electron chi connectivity index (χ3n) is 5.79. The Kier molecular flexibility index (Phi) is 4.08. The molecule has 1 spiro atoms. The molecule has 0 aromatic heterocycles. The van der Waals surface area contributed by atoms with Crippen LogP contribution < -0.4 is 0 Å². The van der Waals surface area contributed by atoms with Crippen LogP contribution in [0.4, 0.5) is 0 Å². The molecular weight excluding hydrogens is 266 g/mol. The number of likely N-dealkylation sites (tertiary alicyclic amines) is 1. The summed E-state index contributed by atoms with van der Waals surface area (Å²) in [4.78, 5) is 26.6. The Morgan fingerprint density at radius 3 is 2.00 bits per heavy atom. The highest BCUT2D eigenvalue weighted by Gasteiger charge is 2.52. The molecule has 1 saturated heterocycles. The molecule has 2 aliphatic carbocycles. The van der Waals surface area contributed by atoms with Crippen LogP contribution in [0, 0.1) is 5.41 Å². The average Bonchev–Trinajstić information content (AvgIpc) is 2.64. The molecule has 21 heavy (non-hydrogen) atoms. The van der Waals surface area contributed by atoms with Crippen LogP contribution in [0.25, 0.3) is 0 Å². The standard InChI is InChI=1S/C17H27NO3/c19-14-12-16(8-4-1-2-5-9-16)15(20)18(14)13-17(21)10-6-3-7-11-17/h21H,1-13H2. The third-order valence-corrected chi connectivity index (χ3v) is 5.79. The lowest BCUT2D eigenvalue weighted by atomic mass is 9.79. The minimum Gasteiger partial charge on any atom is -0.388 e. The van der Waals surface area contributed by atoms with Gasteiger partial charge in [-0.1, -0.05) is 44.9 Å². The van der Waals surface area contributed by atoms with E-state index >= 15 is 0 Å². The van der Waals surface area contributed by atoms with Gasteiger partial charge in [-0.25, -0.2) is 0 Å². The molecule has 0 atom stereocenters. The zero-order valence-electron chi connectivity index (χ0n) is 12.9. The Labute approximate surface area is 126 Å². The second-order valence-corrected chi connectivity index (χ2v) is 7.44. The van der Waals surface area contributed by atoms with Gasteiger partial charge >= 0.3 is 0 Å². The number of aliphatic hydroxyl groups is 1. The molecule has 1 heterocycles. The summed E-state index contributed by atoms with van der Waals surface area (Å²) in [6, 6.07) is 0. The number of β-amino-alcohol motifs (C(OH)–C–C–N with tert-alkyl or cyclic N) is 1. The van der Waals surface area contributed by atoms with Gasteiger partial charge in [-0.3, -0.25) is 14.5 Å². The van der Waals surface area contributed by atoms with Gasteiger partial charge in [0.2, 0.25) is 11.8 Å². The SMILES string of the molecule is O=C1CC2(CCCCCC2)C(=O)N1CC1(O)CCCCC1. The predicted octanol–water partition coefficient (Wildman–Crippen LogP) is 2.78. The van der Waals surface area contributed by atoms with E-state index in [1.165, 1.54) is 17.7 Å². The van der Waals surface area contributed by atoms with Crippen molar-refractivity contribution < 1.29 is 14.7 Å². The number of amides is 2. The molecule has 2 saturated carbocycles. The van der Waals surface area contributed by atoms with Gasteiger partial charge in [0.15, 0.2) is 0 Å². The lowest BCUT2D eigenvalue weighted by Crippen LogP contribution is -2.47. The summed E-state index contributed by atoms with van der Waals surface area (Å²) in [6.07, 6.45) is 11.1. The number of imide groups is 1. The van der Waals surface area contributed by atoms with Gasteiger partial charge < -0.3 is 5.11 Å². The van der Waals surface area contributed by atoms with Gasteiger partial charge in [0, 0.05) is 6.42 Å². The van der Waals surface area contributed by atoms with Crippen molar-refractivity contribution in [3.8, 4) is 0 Å². The monoisotopic (exact) mass is 293 g/mol. The van der Waals surface area contributed by atoms with E-state index in [1.54, 1.807) is 0 Å². The first kappa shape index (κ1) is 15.0. The zero-order chi connectivity index (χ0) is 14.9. The van der Waals surface area contributed by atoms with Gasteiger partial charge in [0.1, 0.15) is 0 Å². The van der Waals surface area contributed by atoms with Crippen LogP contribution in [0.1, 0.15) is 77.0 Å². The molecule has 1 N–H and O–H groups in total. The molecule has 2 amide bonds. The topological polar surface area (TPSA) is 57.6 Å². The van der Waals surface area contributed by atoms with E-state index in [4.69, 9.17) is 0 Å². The fourth-order valence-electron chi connectivity index (χ4n) is 4.48. The van der Waals surface area contributed by atoms with Crippen molar-refractivity contribution in [1.29, 1.82) is 0 Å². The summed E-state index contributed by atoms with van der Waals surface area (Å²) in [5.41, 5.74) is -1.27. The summed E-state index contributed by atoms with van der Waals surface area (Å²) in [5, 5.41) is 10.7. The molecule has 4 heteroatoms. The molecule has 0 aromatic rings. The minimum atomic E-state index is -0.834. The normalized spacial score (nSPS) is 28.9. The molecule has 3 aliphatic rings. The van der Waals surface area contributed by atoms with Crippen molar-refractivity contribution in [2.45, 2.75) is 82.7 Å². The maximum Gasteiger partial charge on any atom is 0.236 e. The molecule has 0 radical (unpaired) electrons. The predicted molar refractivity (Wildman–Crippen MR) is 79.5 cm³/mol. The van der Waals surface area contributed by atoms with Crippen LogP contribution in [0.5, 0.6) is 0 Å². The fraction of sp³-hybridized carbons (Fsp3) is 0.882. The first-order chi connectivity index (χ1) is 10.0. The molecule has 0 aromatic carbocycles. The van der Waals surface area contributed by atoms with Gasteiger partial charge in [-0.05, 0) is 25.7 Å². The van der Waals surface area contributed by atoms with E-state index in [2.05, 4.69) is 0 Å². The van der Waals surface area contributed by atoms with Crippen molar-refractivity contribution in [3.63, 3.8) is 0 Å². The number of hydrogen-bond donors (Lipinski definition) is 1. The Bertz CT molecular complexity index is 418. The maximum absolute atomic E-state index is 12.9. The fourth-order valence-corrected chi connectivity index (χ4v) is 4.48. The zero-order valence-corrected chi connectivity index (χ0v) is 12.9. The summed E-state index contributed by atoms with van der Waals surface area (Å²) in [6.45, 7) is 0.229.